The molecule has 3 aromatic rings. The smallest absolute Gasteiger partial charge is 0.249 e. The Hall–Kier alpha value is -4.09. The maximum absolute atomic E-state index is 13.9. The SMILES string of the molecule is CC(C)(CC(=O)N[C@@H]1CCc2ccccc2N(Cc2ccc(-c3ccccc3CC(N)=O)cc2)C1=O)NC[C@H](O)[C@@H](O)CO. The van der Waals surface area contributed by atoms with Gasteiger partial charge < -0.3 is 36.6 Å². The normalized spacial score (nSPS) is 16.5. The average molecular weight is 603 g/mol. The van der Waals surface area contributed by atoms with Gasteiger partial charge in [0.1, 0.15) is 12.1 Å². The van der Waals surface area contributed by atoms with Gasteiger partial charge >= 0.3 is 0 Å². The number of rotatable bonds is 13. The molecule has 0 unspecified atom stereocenters. The van der Waals surface area contributed by atoms with E-state index in [9.17, 15) is 24.6 Å². The lowest BCUT2D eigenvalue weighted by Crippen LogP contribution is -2.52. The number of nitrogens with two attached hydrogens (primary N) is 1. The number of primary amides is 1. The predicted octanol–water partition coefficient (Wildman–Crippen LogP) is 1.82. The topological polar surface area (TPSA) is 165 Å². The molecule has 3 aromatic carbocycles. The number of amides is 3. The van der Waals surface area contributed by atoms with Crippen LogP contribution in [0.2, 0.25) is 0 Å². The van der Waals surface area contributed by atoms with Gasteiger partial charge in [0.2, 0.25) is 17.7 Å². The van der Waals surface area contributed by atoms with Crippen molar-refractivity contribution in [3.8, 4) is 11.1 Å². The second kappa shape index (κ2) is 14.6. The number of aryl methyl sites for hydroxylation is 1. The molecule has 10 nitrogen and oxygen atoms in total. The molecule has 3 amide bonds. The third-order valence-corrected chi connectivity index (χ3v) is 7.90. The van der Waals surface area contributed by atoms with Crippen LogP contribution < -0.4 is 21.3 Å². The Bertz CT molecular complexity index is 1460. The van der Waals surface area contributed by atoms with E-state index in [2.05, 4.69) is 10.6 Å². The van der Waals surface area contributed by atoms with E-state index in [0.29, 0.717) is 19.4 Å². The van der Waals surface area contributed by atoms with Gasteiger partial charge in [-0.3, -0.25) is 14.4 Å². The second-order valence-electron chi connectivity index (χ2n) is 12.0. The standard InChI is InChI=1S/C34H42N4O6/c1-34(2,36-19-29(40)30(41)21-39)18-32(43)37-27-16-15-24-7-4-6-10-28(24)38(33(27)44)20-22-11-13-23(14-12-22)26-9-5-3-8-25(26)17-31(35)42/h3-14,27,29-30,36,39-41H,15-21H2,1-2H3,(H2,35,42)(H,37,43)/t27-,29+,30+/m1/s1. The van der Waals surface area contributed by atoms with E-state index in [1.54, 1.807) is 18.7 Å². The van der Waals surface area contributed by atoms with E-state index in [4.69, 9.17) is 10.8 Å². The first kappa shape index (κ1) is 32.8. The van der Waals surface area contributed by atoms with Gasteiger partial charge in [0.25, 0.3) is 0 Å². The van der Waals surface area contributed by atoms with Gasteiger partial charge in [-0.15, -0.1) is 0 Å². The van der Waals surface area contributed by atoms with Crippen molar-refractivity contribution in [3.05, 3.63) is 89.5 Å². The maximum atomic E-state index is 13.9. The van der Waals surface area contributed by atoms with Crippen LogP contribution in [-0.2, 0) is 33.8 Å². The van der Waals surface area contributed by atoms with Gasteiger partial charge in [-0.05, 0) is 60.6 Å². The molecule has 0 bridgehead atoms. The summed E-state index contributed by atoms with van der Waals surface area (Å²) in [7, 11) is 0. The van der Waals surface area contributed by atoms with Crippen LogP contribution in [-0.4, -0.2) is 70.0 Å². The van der Waals surface area contributed by atoms with Crippen molar-refractivity contribution in [3.63, 3.8) is 0 Å². The first-order chi connectivity index (χ1) is 21.0. The molecule has 10 heteroatoms. The Labute approximate surface area is 257 Å². The molecule has 234 valence electrons. The summed E-state index contributed by atoms with van der Waals surface area (Å²) < 4.78 is 0. The summed E-state index contributed by atoms with van der Waals surface area (Å²) in [6.07, 6.45) is -1.22. The summed E-state index contributed by atoms with van der Waals surface area (Å²) in [4.78, 5) is 40.3. The van der Waals surface area contributed by atoms with E-state index in [1.165, 1.54) is 0 Å². The molecule has 0 aliphatic carbocycles. The zero-order chi connectivity index (χ0) is 31.9. The minimum atomic E-state index is -1.28. The van der Waals surface area contributed by atoms with Crippen LogP contribution in [0.1, 0.15) is 43.4 Å². The molecule has 44 heavy (non-hydrogen) atoms. The highest BCUT2D eigenvalue weighted by Crippen LogP contribution is 2.30. The molecule has 4 rings (SSSR count). The number of carbonyl (C=O) groups is 3. The molecular formula is C34H42N4O6. The van der Waals surface area contributed by atoms with Gasteiger partial charge in [0.05, 0.1) is 25.7 Å². The number of aliphatic hydroxyl groups is 3. The summed E-state index contributed by atoms with van der Waals surface area (Å²) in [6, 6.07) is 22.5. The highest BCUT2D eigenvalue weighted by molar-refractivity contribution is 6.00. The van der Waals surface area contributed by atoms with Crippen molar-refractivity contribution < 1.29 is 29.7 Å². The number of nitrogens with zero attached hydrogens (tertiary/aromatic N) is 1. The Morgan fingerprint density at radius 3 is 2.39 bits per heavy atom. The lowest BCUT2D eigenvalue weighted by molar-refractivity contribution is -0.128. The first-order valence-electron chi connectivity index (χ1n) is 14.8. The van der Waals surface area contributed by atoms with E-state index >= 15 is 0 Å². The molecule has 1 aliphatic rings. The summed E-state index contributed by atoms with van der Waals surface area (Å²) in [5.74, 6) is -0.917. The van der Waals surface area contributed by atoms with Gasteiger partial charge in [0.15, 0.2) is 0 Å². The number of para-hydroxylation sites is 1. The van der Waals surface area contributed by atoms with Crippen molar-refractivity contribution in [1.82, 2.24) is 10.6 Å². The highest BCUT2D eigenvalue weighted by atomic mass is 16.4. The minimum absolute atomic E-state index is 0.0109. The van der Waals surface area contributed by atoms with E-state index in [0.717, 1.165) is 33.5 Å². The Kier molecular flexibility index (Phi) is 10.9. The predicted molar refractivity (Wildman–Crippen MR) is 168 cm³/mol. The summed E-state index contributed by atoms with van der Waals surface area (Å²) >= 11 is 0. The van der Waals surface area contributed by atoms with Crippen molar-refractivity contribution in [1.29, 1.82) is 0 Å². The van der Waals surface area contributed by atoms with Crippen LogP contribution in [0.4, 0.5) is 5.69 Å². The summed E-state index contributed by atoms with van der Waals surface area (Å²) in [6.45, 7) is 3.31. The minimum Gasteiger partial charge on any atom is -0.394 e. The van der Waals surface area contributed by atoms with Gasteiger partial charge in [-0.25, -0.2) is 0 Å². The lowest BCUT2D eigenvalue weighted by atomic mass is 9.96. The van der Waals surface area contributed by atoms with Crippen molar-refractivity contribution >= 4 is 23.4 Å². The molecule has 1 heterocycles. The maximum Gasteiger partial charge on any atom is 0.249 e. The van der Waals surface area contributed by atoms with Crippen LogP contribution in [0, 0.1) is 0 Å². The molecule has 0 saturated heterocycles. The Morgan fingerprint density at radius 2 is 1.68 bits per heavy atom. The number of β-amino-alcohol motifs (C(OH)–C–C–N with tert-alkyl or cyclic N) is 1. The summed E-state index contributed by atoms with van der Waals surface area (Å²) in [5.41, 5.74) is 10.1. The second-order valence-corrected chi connectivity index (χ2v) is 12.0. The number of hydrogen-bond acceptors (Lipinski definition) is 7. The Morgan fingerprint density at radius 1 is 1.00 bits per heavy atom. The number of anilines is 1. The van der Waals surface area contributed by atoms with Gasteiger partial charge in [-0.1, -0.05) is 66.7 Å². The van der Waals surface area contributed by atoms with E-state index < -0.39 is 36.3 Å². The number of benzene rings is 3. The van der Waals surface area contributed by atoms with Gasteiger partial charge in [0, 0.05) is 24.2 Å². The highest BCUT2D eigenvalue weighted by Gasteiger charge is 2.33. The largest absolute Gasteiger partial charge is 0.394 e. The number of aliphatic hydroxyl groups excluding tert-OH is 3. The molecule has 0 spiro atoms. The number of fused-ring (bicyclic) bond motifs is 1. The third-order valence-electron chi connectivity index (χ3n) is 7.90. The van der Waals surface area contributed by atoms with E-state index in [-0.39, 0.29) is 31.2 Å². The molecule has 0 fully saturated rings. The molecule has 0 aromatic heterocycles. The molecule has 1 aliphatic heterocycles. The third kappa shape index (κ3) is 8.51. The van der Waals surface area contributed by atoms with Crippen molar-refractivity contribution in [2.75, 3.05) is 18.1 Å². The number of hydrogen-bond donors (Lipinski definition) is 6. The molecular weight excluding hydrogens is 560 g/mol. The fraction of sp³-hybridized carbons (Fsp3) is 0.382. The lowest BCUT2D eigenvalue weighted by Gasteiger charge is -2.30. The average Bonchev–Trinajstić information content (AvgIpc) is 3.12. The molecule has 3 atom stereocenters. The van der Waals surface area contributed by atoms with E-state index in [1.807, 2.05) is 72.8 Å². The zero-order valence-electron chi connectivity index (χ0n) is 25.2. The van der Waals surface area contributed by atoms with Crippen LogP contribution in [0.5, 0.6) is 0 Å². The fourth-order valence-corrected chi connectivity index (χ4v) is 5.48. The van der Waals surface area contributed by atoms with Crippen molar-refractivity contribution in [2.45, 2.75) is 69.9 Å². The zero-order valence-corrected chi connectivity index (χ0v) is 25.2. The van der Waals surface area contributed by atoms with Crippen LogP contribution in [0.3, 0.4) is 0 Å². The van der Waals surface area contributed by atoms with Crippen LogP contribution in [0.25, 0.3) is 11.1 Å². The quantitative estimate of drug-likeness (QED) is 0.174. The number of carbonyl (C=O) groups excluding carboxylic acids is 3. The first-order valence-corrected chi connectivity index (χ1v) is 14.8. The monoisotopic (exact) mass is 602 g/mol. The van der Waals surface area contributed by atoms with Crippen LogP contribution >= 0.6 is 0 Å². The molecule has 7 N–H and O–H groups in total. The van der Waals surface area contributed by atoms with Gasteiger partial charge in [-0.2, -0.15) is 0 Å². The molecule has 0 radical (unpaired) electrons. The molecule has 0 saturated carbocycles. The summed E-state index contributed by atoms with van der Waals surface area (Å²) in [5, 5.41) is 34.6. The number of nitrogens with one attached hydrogen (secondary N) is 2. The Balaban J connectivity index is 1.48. The fourth-order valence-electron chi connectivity index (χ4n) is 5.48. The van der Waals surface area contributed by atoms with Crippen molar-refractivity contribution in [2.24, 2.45) is 5.73 Å². The van der Waals surface area contributed by atoms with Crippen LogP contribution in [0.15, 0.2) is 72.8 Å².